The van der Waals surface area contributed by atoms with E-state index in [1.807, 2.05) is 48.5 Å². The molecule has 0 spiro atoms. The van der Waals surface area contributed by atoms with Crippen molar-refractivity contribution in [2.45, 2.75) is 0 Å². The van der Waals surface area contributed by atoms with Crippen molar-refractivity contribution < 1.29 is 9.53 Å². The Morgan fingerprint density at radius 1 is 0.963 bits per heavy atom. The number of nitrogens with zero attached hydrogens (tertiary/aromatic N) is 4. The van der Waals surface area contributed by atoms with Crippen LogP contribution in [-0.4, -0.2) is 32.4 Å². The van der Waals surface area contributed by atoms with Crippen LogP contribution in [0.3, 0.4) is 0 Å². The second kappa shape index (κ2) is 7.21. The zero-order valence-electron chi connectivity index (χ0n) is 14.6. The maximum Gasteiger partial charge on any atom is 0.250 e. The molecule has 2 aromatic carbocycles. The van der Waals surface area contributed by atoms with E-state index in [0.717, 1.165) is 22.6 Å². The van der Waals surface area contributed by atoms with Crippen LogP contribution in [0, 0.1) is 0 Å². The molecule has 0 saturated carbocycles. The first-order valence-electron chi connectivity index (χ1n) is 8.36. The predicted octanol–water partition coefficient (Wildman–Crippen LogP) is 3.57. The van der Waals surface area contributed by atoms with Crippen molar-refractivity contribution >= 4 is 5.78 Å². The van der Waals surface area contributed by atoms with Crippen LogP contribution in [0.15, 0.2) is 79.5 Å². The standard InChI is InChI=1S/C21H16N4O2/c1-27-19-9-3-2-8-17(19)15-6-4-7-16(12-15)25-13-18(24-14-25)20(26)21-22-10-5-11-23-21/h2-14H,1H3. The molecule has 6 nitrogen and oxygen atoms in total. The number of ketones is 1. The van der Waals surface area contributed by atoms with Crippen molar-refractivity contribution in [1.29, 1.82) is 0 Å². The summed E-state index contributed by atoms with van der Waals surface area (Å²) in [6, 6.07) is 17.5. The van der Waals surface area contributed by atoms with Gasteiger partial charge < -0.3 is 9.30 Å². The number of hydrogen-bond acceptors (Lipinski definition) is 5. The fourth-order valence-electron chi connectivity index (χ4n) is 2.83. The number of rotatable bonds is 5. The molecule has 0 N–H and O–H groups in total. The Morgan fingerprint density at radius 2 is 1.78 bits per heavy atom. The fraction of sp³-hybridized carbons (Fsp3) is 0.0476. The Kier molecular flexibility index (Phi) is 4.45. The first kappa shape index (κ1) is 16.7. The molecule has 0 unspecified atom stereocenters. The third-order valence-electron chi connectivity index (χ3n) is 4.15. The maximum absolute atomic E-state index is 12.4. The number of para-hydroxylation sites is 1. The first-order valence-corrected chi connectivity index (χ1v) is 8.36. The van der Waals surface area contributed by atoms with Gasteiger partial charge in [0.05, 0.1) is 7.11 Å². The monoisotopic (exact) mass is 356 g/mol. The molecule has 0 saturated heterocycles. The van der Waals surface area contributed by atoms with Crippen molar-refractivity contribution in [3.8, 4) is 22.6 Å². The lowest BCUT2D eigenvalue weighted by atomic mass is 10.0. The molecule has 0 aliphatic rings. The van der Waals surface area contributed by atoms with Crippen molar-refractivity contribution in [3.05, 3.63) is 91.0 Å². The molecule has 0 aliphatic carbocycles. The Bertz CT molecular complexity index is 1090. The summed E-state index contributed by atoms with van der Waals surface area (Å²) in [5.74, 6) is 0.623. The molecule has 0 amide bonds. The molecular formula is C21H16N4O2. The van der Waals surface area contributed by atoms with Gasteiger partial charge in [0.15, 0.2) is 0 Å². The third kappa shape index (κ3) is 3.32. The van der Waals surface area contributed by atoms with Gasteiger partial charge in [-0.2, -0.15) is 0 Å². The van der Waals surface area contributed by atoms with E-state index in [4.69, 9.17) is 4.74 Å². The quantitative estimate of drug-likeness (QED) is 0.511. The van der Waals surface area contributed by atoms with Gasteiger partial charge in [-0.1, -0.05) is 30.3 Å². The molecule has 132 valence electrons. The molecule has 0 aliphatic heterocycles. The summed E-state index contributed by atoms with van der Waals surface area (Å²) in [5, 5.41) is 0. The van der Waals surface area contributed by atoms with E-state index < -0.39 is 0 Å². The summed E-state index contributed by atoms with van der Waals surface area (Å²) in [6.07, 6.45) is 6.36. The number of hydrogen-bond donors (Lipinski definition) is 0. The molecule has 0 atom stereocenters. The summed E-state index contributed by atoms with van der Waals surface area (Å²) in [4.78, 5) is 24.6. The van der Waals surface area contributed by atoms with Crippen LogP contribution in [-0.2, 0) is 0 Å². The SMILES string of the molecule is COc1ccccc1-c1cccc(-n2cnc(C(=O)c3ncccn3)c2)c1. The number of carbonyl (C=O) groups is 1. The van der Waals surface area contributed by atoms with Crippen LogP contribution in [0.4, 0.5) is 0 Å². The Balaban J connectivity index is 1.67. The molecule has 0 radical (unpaired) electrons. The van der Waals surface area contributed by atoms with E-state index in [1.165, 1.54) is 12.4 Å². The minimum Gasteiger partial charge on any atom is -0.496 e. The highest BCUT2D eigenvalue weighted by molar-refractivity contribution is 6.04. The second-order valence-corrected chi connectivity index (χ2v) is 5.82. The van der Waals surface area contributed by atoms with Gasteiger partial charge >= 0.3 is 0 Å². The summed E-state index contributed by atoms with van der Waals surface area (Å²) < 4.78 is 7.25. The average molecular weight is 356 g/mol. The van der Waals surface area contributed by atoms with Crippen LogP contribution in [0.5, 0.6) is 5.75 Å². The molecule has 0 bridgehead atoms. The van der Waals surface area contributed by atoms with E-state index in [9.17, 15) is 4.79 Å². The van der Waals surface area contributed by atoms with E-state index in [2.05, 4.69) is 15.0 Å². The Morgan fingerprint density at radius 3 is 2.59 bits per heavy atom. The zero-order valence-corrected chi connectivity index (χ0v) is 14.6. The molecular weight excluding hydrogens is 340 g/mol. The number of aromatic nitrogens is 4. The minimum absolute atomic E-state index is 0.130. The third-order valence-corrected chi connectivity index (χ3v) is 4.15. The highest BCUT2D eigenvalue weighted by Gasteiger charge is 2.15. The normalized spacial score (nSPS) is 10.6. The molecule has 4 rings (SSSR count). The molecule has 27 heavy (non-hydrogen) atoms. The van der Waals surface area contributed by atoms with Crippen LogP contribution >= 0.6 is 0 Å². The predicted molar refractivity (Wildman–Crippen MR) is 101 cm³/mol. The lowest BCUT2D eigenvalue weighted by molar-refractivity contribution is 0.102. The number of ether oxygens (including phenoxy) is 1. The smallest absolute Gasteiger partial charge is 0.250 e. The van der Waals surface area contributed by atoms with Crippen molar-refractivity contribution in [3.63, 3.8) is 0 Å². The summed E-state index contributed by atoms with van der Waals surface area (Å²) in [6.45, 7) is 0. The van der Waals surface area contributed by atoms with Gasteiger partial charge in [-0.15, -0.1) is 0 Å². The maximum atomic E-state index is 12.4. The van der Waals surface area contributed by atoms with Gasteiger partial charge in [0, 0.05) is 29.8 Å². The van der Waals surface area contributed by atoms with Crippen LogP contribution in [0.2, 0.25) is 0 Å². The Hall–Kier alpha value is -3.80. The van der Waals surface area contributed by atoms with Gasteiger partial charge in [0.1, 0.15) is 17.8 Å². The van der Waals surface area contributed by atoms with Crippen LogP contribution in [0.25, 0.3) is 16.8 Å². The highest BCUT2D eigenvalue weighted by atomic mass is 16.5. The lowest BCUT2D eigenvalue weighted by Crippen LogP contribution is -2.06. The fourth-order valence-corrected chi connectivity index (χ4v) is 2.83. The van der Waals surface area contributed by atoms with E-state index in [-0.39, 0.29) is 11.6 Å². The first-order chi connectivity index (χ1) is 13.3. The average Bonchev–Trinajstić information content (AvgIpc) is 3.24. The summed E-state index contributed by atoms with van der Waals surface area (Å²) in [5.41, 5.74) is 3.19. The van der Waals surface area contributed by atoms with Gasteiger partial charge in [-0.05, 0) is 29.8 Å². The van der Waals surface area contributed by atoms with Crippen molar-refractivity contribution in [2.24, 2.45) is 0 Å². The Labute approximate surface area is 156 Å². The lowest BCUT2D eigenvalue weighted by Gasteiger charge is -2.10. The number of benzene rings is 2. The zero-order chi connectivity index (χ0) is 18.6. The van der Waals surface area contributed by atoms with Gasteiger partial charge in [0.2, 0.25) is 11.6 Å². The number of methoxy groups -OCH3 is 1. The molecule has 6 heteroatoms. The van der Waals surface area contributed by atoms with E-state index in [1.54, 1.807) is 30.3 Å². The molecule has 2 aromatic heterocycles. The van der Waals surface area contributed by atoms with Crippen molar-refractivity contribution in [2.75, 3.05) is 7.11 Å². The summed E-state index contributed by atoms with van der Waals surface area (Å²) >= 11 is 0. The molecule has 4 aromatic rings. The highest BCUT2D eigenvalue weighted by Crippen LogP contribution is 2.30. The summed E-state index contributed by atoms with van der Waals surface area (Å²) in [7, 11) is 1.65. The van der Waals surface area contributed by atoms with Crippen LogP contribution < -0.4 is 4.74 Å². The number of imidazole rings is 1. The van der Waals surface area contributed by atoms with Gasteiger partial charge in [0.25, 0.3) is 0 Å². The molecule has 2 heterocycles. The van der Waals surface area contributed by atoms with Crippen molar-refractivity contribution in [1.82, 2.24) is 19.5 Å². The second-order valence-electron chi connectivity index (χ2n) is 5.82. The minimum atomic E-state index is -0.310. The van der Waals surface area contributed by atoms with Gasteiger partial charge in [-0.3, -0.25) is 4.79 Å². The van der Waals surface area contributed by atoms with Gasteiger partial charge in [-0.25, -0.2) is 15.0 Å². The topological polar surface area (TPSA) is 69.9 Å². The van der Waals surface area contributed by atoms with E-state index >= 15 is 0 Å². The molecule has 0 fully saturated rings. The van der Waals surface area contributed by atoms with E-state index in [0.29, 0.717) is 5.69 Å². The largest absolute Gasteiger partial charge is 0.496 e. The van der Waals surface area contributed by atoms with Crippen LogP contribution in [0.1, 0.15) is 16.3 Å². The number of carbonyl (C=O) groups excluding carboxylic acids is 1.